The number of carboxylic acid groups (broad SMARTS) is 1. The standard InChI is InChI=1S/C28H39N7O5/c1-15(2)9-20(29)25(36)33-22(10-17-12-31-21-8-6-5-7-19(17)21)26(37)35-24(16(3)4)27(38)34-23(28(39)40)11-18-13-30-14-32-18/h5-8,12-16,20,22-24,31H,9-11,29H2,1-4H3,(H,30,32)(H,33,36)(H,34,38)(H,35,37)(H,39,40). The molecule has 0 bridgehead atoms. The number of carbonyl (C=O) groups excluding carboxylic acids is 3. The number of aliphatic carboxylic acids is 1. The van der Waals surface area contributed by atoms with Crippen LogP contribution >= 0.6 is 0 Å². The summed E-state index contributed by atoms with van der Waals surface area (Å²) >= 11 is 0. The van der Waals surface area contributed by atoms with E-state index in [9.17, 15) is 24.3 Å². The van der Waals surface area contributed by atoms with Gasteiger partial charge in [0.1, 0.15) is 18.1 Å². The highest BCUT2D eigenvalue weighted by atomic mass is 16.4. The molecule has 4 atom stereocenters. The zero-order valence-electron chi connectivity index (χ0n) is 23.2. The van der Waals surface area contributed by atoms with Gasteiger partial charge in [-0.25, -0.2) is 9.78 Å². The zero-order chi connectivity index (χ0) is 29.4. The first-order valence-electron chi connectivity index (χ1n) is 13.4. The van der Waals surface area contributed by atoms with Gasteiger partial charge in [0.05, 0.1) is 12.4 Å². The van der Waals surface area contributed by atoms with Crippen LogP contribution < -0.4 is 21.7 Å². The fourth-order valence-electron chi connectivity index (χ4n) is 4.49. The maximum Gasteiger partial charge on any atom is 0.326 e. The first-order valence-corrected chi connectivity index (χ1v) is 13.4. The Labute approximate surface area is 232 Å². The molecule has 0 radical (unpaired) electrons. The van der Waals surface area contributed by atoms with Crippen LogP contribution in [0.5, 0.6) is 0 Å². The number of carboxylic acids is 1. The monoisotopic (exact) mass is 553 g/mol. The average Bonchev–Trinajstić information content (AvgIpc) is 3.55. The molecule has 0 aliphatic rings. The first kappa shape index (κ1) is 30.4. The van der Waals surface area contributed by atoms with Crippen molar-refractivity contribution in [1.82, 2.24) is 30.9 Å². The summed E-state index contributed by atoms with van der Waals surface area (Å²) in [5.74, 6) is -3.11. The molecule has 2 aromatic heterocycles. The Kier molecular flexibility index (Phi) is 10.4. The Balaban J connectivity index is 1.80. The lowest BCUT2D eigenvalue weighted by Crippen LogP contribution is -2.59. The minimum atomic E-state index is -1.23. The second-order valence-electron chi connectivity index (χ2n) is 10.8. The van der Waals surface area contributed by atoms with Gasteiger partial charge in [-0.15, -0.1) is 0 Å². The largest absolute Gasteiger partial charge is 0.480 e. The number of imidazole rings is 1. The molecule has 0 saturated heterocycles. The number of hydrogen-bond donors (Lipinski definition) is 7. The Morgan fingerprint density at radius 3 is 2.25 bits per heavy atom. The van der Waals surface area contributed by atoms with Gasteiger partial charge >= 0.3 is 5.97 Å². The van der Waals surface area contributed by atoms with E-state index in [0.717, 1.165) is 16.5 Å². The smallest absolute Gasteiger partial charge is 0.326 e. The summed E-state index contributed by atoms with van der Waals surface area (Å²) in [7, 11) is 0. The van der Waals surface area contributed by atoms with Crippen molar-refractivity contribution in [2.45, 2.75) is 71.1 Å². The zero-order valence-corrected chi connectivity index (χ0v) is 23.2. The van der Waals surface area contributed by atoms with E-state index in [1.54, 1.807) is 20.0 Å². The van der Waals surface area contributed by atoms with Crippen LogP contribution in [-0.4, -0.2) is 67.9 Å². The van der Waals surface area contributed by atoms with E-state index in [4.69, 9.17) is 5.73 Å². The number of amides is 3. The molecule has 0 spiro atoms. The molecule has 2 heterocycles. The van der Waals surface area contributed by atoms with Gasteiger partial charge in [0, 0.05) is 41.8 Å². The van der Waals surface area contributed by atoms with Crippen LogP contribution in [-0.2, 0) is 32.0 Å². The fourth-order valence-corrected chi connectivity index (χ4v) is 4.49. The van der Waals surface area contributed by atoms with Crippen LogP contribution in [0.15, 0.2) is 43.0 Å². The van der Waals surface area contributed by atoms with Crippen molar-refractivity contribution in [3.63, 3.8) is 0 Å². The topological polar surface area (TPSA) is 195 Å². The van der Waals surface area contributed by atoms with Gasteiger partial charge < -0.3 is 36.8 Å². The van der Waals surface area contributed by atoms with Crippen molar-refractivity contribution in [2.24, 2.45) is 17.6 Å². The second-order valence-corrected chi connectivity index (χ2v) is 10.8. The number of H-pyrrole nitrogens is 2. The molecule has 12 heteroatoms. The highest BCUT2D eigenvalue weighted by Crippen LogP contribution is 2.19. The summed E-state index contributed by atoms with van der Waals surface area (Å²) in [4.78, 5) is 61.4. The quantitative estimate of drug-likeness (QED) is 0.156. The van der Waals surface area contributed by atoms with Crippen molar-refractivity contribution in [3.8, 4) is 0 Å². The van der Waals surface area contributed by atoms with Crippen molar-refractivity contribution < 1.29 is 24.3 Å². The van der Waals surface area contributed by atoms with E-state index in [-0.39, 0.29) is 24.7 Å². The summed E-state index contributed by atoms with van der Waals surface area (Å²) in [5.41, 5.74) is 8.32. The van der Waals surface area contributed by atoms with Crippen LogP contribution in [0, 0.1) is 11.8 Å². The summed E-state index contributed by atoms with van der Waals surface area (Å²) in [5, 5.41) is 18.6. The lowest BCUT2D eigenvalue weighted by molar-refractivity contribution is -0.142. The molecule has 1 aromatic carbocycles. The maximum atomic E-state index is 13.6. The number of nitrogens with one attached hydrogen (secondary N) is 5. The predicted octanol–water partition coefficient (Wildman–Crippen LogP) is 1.24. The molecule has 3 rings (SSSR count). The lowest BCUT2D eigenvalue weighted by Gasteiger charge is -2.27. The number of nitrogens with two attached hydrogens (primary N) is 1. The van der Waals surface area contributed by atoms with Crippen LogP contribution in [0.25, 0.3) is 10.9 Å². The molecule has 216 valence electrons. The van der Waals surface area contributed by atoms with Gasteiger partial charge in [-0.05, 0) is 29.9 Å². The molecule has 0 fully saturated rings. The van der Waals surface area contributed by atoms with E-state index in [1.165, 1.54) is 12.5 Å². The van der Waals surface area contributed by atoms with Crippen LogP contribution in [0.4, 0.5) is 0 Å². The number of fused-ring (bicyclic) bond motifs is 1. The number of carbonyl (C=O) groups is 4. The first-order chi connectivity index (χ1) is 19.0. The van der Waals surface area contributed by atoms with E-state index >= 15 is 0 Å². The highest BCUT2D eigenvalue weighted by Gasteiger charge is 2.32. The minimum Gasteiger partial charge on any atom is -0.480 e. The van der Waals surface area contributed by atoms with Crippen molar-refractivity contribution in [3.05, 3.63) is 54.2 Å². The van der Waals surface area contributed by atoms with Gasteiger partial charge in [-0.3, -0.25) is 14.4 Å². The van der Waals surface area contributed by atoms with Crippen molar-refractivity contribution >= 4 is 34.6 Å². The molecule has 4 unspecified atom stereocenters. The number of aromatic amines is 2. The summed E-state index contributed by atoms with van der Waals surface area (Å²) < 4.78 is 0. The number of benzene rings is 1. The van der Waals surface area contributed by atoms with E-state index < -0.39 is 47.9 Å². The minimum absolute atomic E-state index is 0.00712. The van der Waals surface area contributed by atoms with Crippen LogP contribution in [0.2, 0.25) is 0 Å². The number of rotatable bonds is 14. The third-order valence-corrected chi connectivity index (χ3v) is 6.63. The number of aromatic nitrogens is 3. The Bertz CT molecular complexity index is 1300. The van der Waals surface area contributed by atoms with Crippen LogP contribution in [0.1, 0.15) is 45.4 Å². The molecule has 0 saturated carbocycles. The van der Waals surface area contributed by atoms with Gasteiger partial charge in [0.15, 0.2) is 0 Å². The number of hydrogen-bond acceptors (Lipinski definition) is 6. The summed E-state index contributed by atoms with van der Waals surface area (Å²) in [6, 6.07) is 3.48. The molecule has 0 aliphatic heterocycles. The Morgan fingerprint density at radius 1 is 0.925 bits per heavy atom. The molecule has 3 amide bonds. The van der Waals surface area contributed by atoms with Crippen molar-refractivity contribution in [1.29, 1.82) is 0 Å². The molecular weight excluding hydrogens is 514 g/mol. The average molecular weight is 554 g/mol. The lowest BCUT2D eigenvalue weighted by atomic mass is 9.99. The number of nitrogens with zero attached hydrogens (tertiary/aromatic N) is 1. The van der Waals surface area contributed by atoms with Gasteiger partial charge in [-0.1, -0.05) is 45.9 Å². The third kappa shape index (κ3) is 8.15. The Hall–Kier alpha value is -4.19. The van der Waals surface area contributed by atoms with E-state index in [1.807, 2.05) is 38.1 Å². The molecule has 0 aliphatic carbocycles. The fraction of sp³-hybridized carbons (Fsp3) is 0.464. The van der Waals surface area contributed by atoms with Gasteiger partial charge in [0.25, 0.3) is 0 Å². The molecule has 8 N–H and O–H groups in total. The maximum absolute atomic E-state index is 13.6. The van der Waals surface area contributed by atoms with Gasteiger partial charge in [-0.2, -0.15) is 0 Å². The van der Waals surface area contributed by atoms with Crippen LogP contribution in [0.3, 0.4) is 0 Å². The second kappa shape index (κ2) is 13.7. The predicted molar refractivity (Wildman–Crippen MR) is 150 cm³/mol. The molecule has 12 nitrogen and oxygen atoms in total. The number of para-hydroxylation sites is 1. The third-order valence-electron chi connectivity index (χ3n) is 6.63. The summed E-state index contributed by atoms with van der Waals surface area (Å²) in [6.45, 7) is 7.37. The normalized spacial score (nSPS) is 14.5. The Morgan fingerprint density at radius 2 is 1.62 bits per heavy atom. The van der Waals surface area contributed by atoms with E-state index in [2.05, 4.69) is 30.9 Å². The van der Waals surface area contributed by atoms with Crippen molar-refractivity contribution in [2.75, 3.05) is 0 Å². The van der Waals surface area contributed by atoms with Gasteiger partial charge in [0.2, 0.25) is 17.7 Å². The highest BCUT2D eigenvalue weighted by molar-refractivity contribution is 5.95. The molecule has 3 aromatic rings. The van der Waals surface area contributed by atoms with E-state index in [0.29, 0.717) is 12.1 Å². The SMILES string of the molecule is CC(C)CC(N)C(=O)NC(Cc1c[nH]c2ccccc12)C(=O)NC(C(=O)NC(Cc1cnc[nH]1)C(=O)O)C(C)C. The summed E-state index contributed by atoms with van der Waals surface area (Å²) in [6.07, 6.45) is 5.27. The molecular formula is C28H39N7O5. The molecule has 40 heavy (non-hydrogen) atoms.